The third kappa shape index (κ3) is 2.76. The Hall–Kier alpha value is -3.07. The maximum Gasteiger partial charge on any atom is 0.213 e. The molecule has 0 aliphatic heterocycles. The van der Waals surface area contributed by atoms with E-state index in [4.69, 9.17) is 0 Å². The number of pyridine rings is 1. The summed E-state index contributed by atoms with van der Waals surface area (Å²) in [5, 5.41) is 1.21. The van der Waals surface area contributed by atoms with Crippen molar-refractivity contribution in [2.75, 3.05) is 0 Å². The van der Waals surface area contributed by atoms with Crippen molar-refractivity contribution < 1.29 is 4.57 Å². The lowest BCUT2D eigenvalue weighted by Gasteiger charge is -2.11. The van der Waals surface area contributed by atoms with Gasteiger partial charge in [-0.05, 0) is 50.1 Å². The highest BCUT2D eigenvalue weighted by Gasteiger charge is 2.17. The lowest BCUT2D eigenvalue weighted by Crippen LogP contribution is -2.32. The van der Waals surface area contributed by atoms with Gasteiger partial charge < -0.3 is 0 Å². The van der Waals surface area contributed by atoms with E-state index in [1.54, 1.807) is 18.6 Å². The van der Waals surface area contributed by atoms with Crippen LogP contribution in [0, 0.1) is 20.8 Å². The van der Waals surface area contributed by atoms with E-state index in [1.165, 1.54) is 38.9 Å². The van der Waals surface area contributed by atoms with E-state index in [1.807, 2.05) is 0 Å². The fraction of sp³-hybridized carbons (Fsp3) is 0.174. The molecule has 4 rings (SSSR count). The van der Waals surface area contributed by atoms with Crippen LogP contribution in [0.5, 0.6) is 0 Å². The van der Waals surface area contributed by atoms with Gasteiger partial charge in [0.1, 0.15) is 7.05 Å². The number of hydrogen-bond donors (Lipinski definition) is 0. The SMILES string of the molecule is Cc1cc(C)c(C)c(-c2ccc3ccc(-c4cnccn4)cc3[n+]2C)c1. The second-order valence-electron chi connectivity index (χ2n) is 6.90. The summed E-state index contributed by atoms with van der Waals surface area (Å²) in [5.74, 6) is 0. The lowest BCUT2D eigenvalue weighted by molar-refractivity contribution is -0.633. The number of aromatic nitrogens is 3. The van der Waals surface area contributed by atoms with Crippen molar-refractivity contribution in [1.29, 1.82) is 0 Å². The van der Waals surface area contributed by atoms with Crippen LogP contribution in [0.1, 0.15) is 16.7 Å². The van der Waals surface area contributed by atoms with Crippen molar-refractivity contribution in [3.05, 3.63) is 77.7 Å². The Kier molecular flexibility index (Phi) is 4.00. The quantitative estimate of drug-likeness (QED) is 0.495. The zero-order valence-electron chi connectivity index (χ0n) is 15.6. The van der Waals surface area contributed by atoms with Gasteiger partial charge in [0.15, 0.2) is 0 Å². The molecule has 0 saturated heterocycles. The van der Waals surface area contributed by atoms with Gasteiger partial charge in [0.25, 0.3) is 0 Å². The Labute approximate surface area is 154 Å². The van der Waals surface area contributed by atoms with E-state index in [0.717, 1.165) is 11.3 Å². The molecule has 0 atom stereocenters. The first-order valence-electron chi connectivity index (χ1n) is 8.82. The van der Waals surface area contributed by atoms with E-state index >= 15 is 0 Å². The molecule has 26 heavy (non-hydrogen) atoms. The van der Waals surface area contributed by atoms with Gasteiger partial charge in [-0.25, -0.2) is 0 Å². The molecule has 0 aliphatic carbocycles. The number of hydrogen-bond acceptors (Lipinski definition) is 2. The average Bonchev–Trinajstić information content (AvgIpc) is 2.66. The predicted octanol–water partition coefficient (Wildman–Crippen LogP) is 4.71. The van der Waals surface area contributed by atoms with Crippen LogP contribution >= 0.6 is 0 Å². The van der Waals surface area contributed by atoms with Crippen molar-refractivity contribution in [2.24, 2.45) is 7.05 Å². The number of fused-ring (bicyclic) bond motifs is 1. The van der Waals surface area contributed by atoms with E-state index in [0.29, 0.717) is 0 Å². The molecule has 2 heterocycles. The summed E-state index contributed by atoms with van der Waals surface area (Å²) >= 11 is 0. The second-order valence-corrected chi connectivity index (χ2v) is 6.90. The molecule has 0 saturated carbocycles. The summed E-state index contributed by atoms with van der Waals surface area (Å²) in [6.45, 7) is 6.53. The van der Waals surface area contributed by atoms with Gasteiger partial charge in [-0.1, -0.05) is 17.7 Å². The van der Waals surface area contributed by atoms with Crippen LogP contribution in [0.2, 0.25) is 0 Å². The minimum atomic E-state index is 0.891. The van der Waals surface area contributed by atoms with Gasteiger partial charge in [0.2, 0.25) is 11.2 Å². The van der Waals surface area contributed by atoms with Gasteiger partial charge in [0.05, 0.1) is 11.9 Å². The maximum absolute atomic E-state index is 4.43. The standard InChI is InChI=1S/C23H22N3/c1-15-11-16(2)17(3)20(12-15)22-8-7-18-5-6-19(13-23(18)26(22)4)21-14-24-9-10-25-21/h5-14H,1-4H3/q+1. The number of aryl methyl sites for hydroxylation is 3. The largest absolute Gasteiger partial charge is 0.261 e. The molecule has 3 nitrogen and oxygen atoms in total. The van der Waals surface area contributed by atoms with Crippen molar-refractivity contribution in [3.63, 3.8) is 0 Å². The molecule has 3 heteroatoms. The summed E-state index contributed by atoms with van der Waals surface area (Å²) in [7, 11) is 2.13. The number of benzene rings is 2. The Morgan fingerprint density at radius 1 is 0.885 bits per heavy atom. The molecule has 0 aliphatic rings. The molecule has 0 unspecified atom stereocenters. The number of nitrogens with zero attached hydrogens (tertiary/aromatic N) is 3. The van der Waals surface area contributed by atoms with Gasteiger partial charge >= 0.3 is 0 Å². The first kappa shape index (κ1) is 16.4. The van der Waals surface area contributed by atoms with E-state index in [-0.39, 0.29) is 0 Å². The highest BCUT2D eigenvalue weighted by atomic mass is 14.9. The molecule has 0 bridgehead atoms. The summed E-state index contributed by atoms with van der Waals surface area (Å²) < 4.78 is 2.27. The fourth-order valence-electron chi connectivity index (χ4n) is 3.57. The monoisotopic (exact) mass is 340 g/mol. The molecule has 0 radical (unpaired) electrons. The normalized spacial score (nSPS) is 11.1. The molecular formula is C23H22N3+. The second kappa shape index (κ2) is 6.34. The molecule has 0 fully saturated rings. The molecule has 4 aromatic rings. The highest BCUT2D eigenvalue weighted by Crippen LogP contribution is 2.27. The smallest absolute Gasteiger partial charge is 0.213 e. The first-order chi connectivity index (χ1) is 12.5. The Balaban J connectivity index is 1.95. The molecular weight excluding hydrogens is 318 g/mol. The van der Waals surface area contributed by atoms with Crippen LogP contribution < -0.4 is 4.57 Å². The van der Waals surface area contributed by atoms with Crippen molar-refractivity contribution in [3.8, 4) is 22.5 Å². The minimum absolute atomic E-state index is 0.891. The van der Waals surface area contributed by atoms with Crippen LogP contribution in [0.3, 0.4) is 0 Å². The van der Waals surface area contributed by atoms with Gasteiger partial charge in [-0.15, -0.1) is 0 Å². The fourth-order valence-corrected chi connectivity index (χ4v) is 3.57. The van der Waals surface area contributed by atoms with Gasteiger partial charge in [-0.2, -0.15) is 4.57 Å². The van der Waals surface area contributed by atoms with Crippen LogP contribution in [-0.4, -0.2) is 9.97 Å². The van der Waals surface area contributed by atoms with Crippen molar-refractivity contribution in [2.45, 2.75) is 20.8 Å². The minimum Gasteiger partial charge on any atom is -0.261 e. The van der Waals surface area contributed by atoms with Crippen LogP contribution in [0.25, 0.3) is 33.4 Å². The Morgan fingerprint density at radius 3 is 2.46 bits per heavy atom. The molecule has 2 aromatic carbocycles. The van der Waals surface area contributed by atoms with Gasteiger partial charge in [0, 0.05) is 41.0 Å². The molecule has 128 valence electrons. The highest BCUT2D eigenvalue weighted by molar-refractivity contribution is 5.82. The molecule has 0 N–H and O–H groups in total. The molecule has 2 aromatic heterocycles. The summed E-state index contributed by atoms with van der Waals surface area (Å²) in [5.41, 5.74) is 9.61. The third-order valence-corrected chi connectivity index (χ3v) is 5.12. The lowest BCUT2D eigenvalue weighted by atomic mass is 9.96. The predicted molar refractivity (Wildman–Crippen MR) is 106 cm³/mol. The topological polar surface area (TPSA) is 29.7 Å². The maximum atomic E-state index is 4.43. The van der Waals surface area contributed by atoms with Crippen LogP contribution in [0.4, 0.5) is 0 Å². The zero-order chi connectivity index (χ0) is 18.3. The van der Waals surface area contributed by atoms with Gasteiger partial charge in [-0.3, -0.25) is 9.97 Å². The number of rotatable bonds is 2. The van der Waals surface area contributed by atoms with Crippen molar-refractivity contribution >= 4 is 10.9 Å². The molecule has 0 amide bonds. The summed E-state index contributed by atoms with van der Waals surface area (Å²) in [6, 6.07) is 15.4. The Bertz CT molecular complexity index is 1120. The van der Waals surface area contributed by atoms with E-state index < -0.39 is 0 Å². The molecule has 0 spiro atoms. The first-order valence-corrected chi connectivity index (χ1v) is 8.82. The Morgan fingerprint density at radius 2 is 1.69 bits per heavy atom. The van der Waals surface area contributed by atoms with E-state index in [2.05, 4.69) is 84.8 Å². The third-order valence-electron chi connectivity index (χ3n) is 5.12. The summed E-state index contributed by atoms with van der Waals surface area (Å²) in [6.07, 6.45) is 5.24. The van der Waals surface area contributed by atoms with Crippen LogP contribution in [-0.2, 0) is 7.05 Å². The zero-order valence-corrected chi connectivity index (χ0v) is 15.6. The summed E-state index contributed by atoms with van der Waals surface area (Å²) in [4.78, 5) is 8.62. The van der Waals surface area contributed by atoms with E-state index in [9.17, 15) is 0 Å². The average molecular weight is 340 g/mol. The van der Waals surface area contributed by atoms with Crippen LogP contribution in [0.15, 0.2) is 61.1 Å². The van der Waals surface area contributed by atoms with Crippen molar-refractivity contribution in [1.82, 2.24) is 9.97 Å².